The van der Waals surface area contributed by atoms with Gasteiger partial charge >= 0.3 is 0 Å². The lowest BCUT2D eigenvalue weighted by atomic mass is 10.1. The number of nitrogens with zero attached hydrogens (tertiary/aromatic N) is 3. The predicted molar refractivity (Wildman–Crippen MR) is 85.9 cm³/mol. The summed E-state index contributed by atoms with van der Waals surface area (Å²) in [6.45, 7) is 8.09. The van der Waals surface area contributed by atoms with Crippen molar-refractivity contribution in [3.63, 3.8) is 0 Å². The number of rotatable bonds is 3. The van der Waals surface area contributed by atoms with Crippen LogP contribution in [0.2, 0.25) is 0 Å². The molecule has 2 fully saturated rings. The van der Waals surface area contributed by atoms with Crippen molar-refractivity contribution in [3.05, 3.63) is 5.56 Å². The lowest BCUT2D eigenvalue weighted by Gasteiger charge is -2.38. The van der Waals surface area contributed by atoms with Gasteiger partial charge in [-0.25, -0.2) is 0 Å². The van der Waals surface area contributed by atoms with Crippen molar-refractivity contribution < 1.29 is 4.79 Å². The molecule has 116 valence electrons. The third-order valence-electron chi connectivity index (χ3n) is 4.22. The van der Waals surface area contributed by atoms with E-state index >= 15 is 0 Å². The fraction of sp³-hybridized carbons (Fsp3) is 0.714. The highest BCUT2D eigenvalue weighted by Gasteiger charge is 2.33. The Morgan fingerprint density at radius 2 is 2.24 bits per heavy atom. The lowest BCUT2D eigenvalue weighted by molar-refractivity contribution is 0.0944. The normalized spacial score (nSPS) is 22.6. The van der Waals surface area contributed by atoms with E-state index in [9.17, 15) is 4.79 Å². The second kappa shape index (κ2) is 5.81. The molecule has 6 nitrogen and oxygen atoms in total. The topological polar surface area (TPSA) is 74.5 Å². The van der Waals surface area contributed by atoms with Crippen LogP contribution >= 0.6 is 11.5 Å². The number of hydrogen-bond acceptors (Lipinski definition) is 6. The van der Waals surface area contributed by atoms with E-state index in [1.165, 1.54) is 30.9 Å². The van der Waals surface area contributed by atoms with Crippen LogP contribution in [0, 0.1) is 0 Å². The van der Waals surface area contributed by atoms with Crippen LogP contribution in [0.15, 0.2) is 0 Å². The zero-order chi connectivity index (χ0) is 15.0. The Morgan fingerprint density at radius 1 is 1.43 bits per heavy atom. The smallest absolute Gasteiger partial charge is 0.258 e. The van der Waals surface area contributed by atoms with Crippen molar-refractivity contribution in [2.45, 2.75) is 38.8 Å². The van der Waals surface area contributed by atoms with Crippen LogP contribution in [-0.4, -0.2) is 53.4 Å². The van der Waals surface area contributed by atoms with E-state index in [-0.39, 0.29) is 11.9 Å². The molecule has 0 spiro atoms. The fourth-order valence-corrected chi connectivity index (χ4v) is 4.08. The zero-order valence-electron chi connectivity index (χ0n) is 12.6. The van der Waals surface area contributed by atoms with Gasteiger partial charge in [-0.15, -0.1) is 0 Å². The number of nitrogen functional groups attached to an aromatic ring is 1. The van der Waals surface area contributed by atoms with Crippen molar-refractivity contribution in [3.8, 4) is 0 Å². The first kappa shape index (κ1) is 14.6. The highest BCUT2D eigenvalue weighted by Crippen LogP contribution is 2.33. The average molecular weight is 309 g/mol. The summed E-state index contributed by atoms with van der Waals surface area (Å²) in [5.74, 6) is 0.238. The van der Waals surface area contributed by atoms with E-state index in [0.29, 0.717) is 17.4 Å². The van der Waals surface area contributed by atoms with Crippen molar-refractivity contribution in [1.29, 1.82) is 0 Å². The number of nitrogens with one attached hydrogen (secondary N) is 1. The van der Waals surface area contributed by atoms with Gasteiger partial charge in [-0.1, -0.05) is 0 Å². The second-order valence-corrected chi connectivity index (χ2v) is 6.91. The van der Waals surface area contributed by atoms with Crippen molar-refractivity contribution >= 4 is 28.3 Å². The molecular weight excluding hydrogens is 286 g/mol. The first-order valence-electron chi connectivity index (χ1n) is 7.61. The first-order chi connectivity index (χ1) is 10.1. The maximum Gasteiger partial charge on any atom is 0.258 e. The van der Waals surface area contributed by atoms with Crippen molar-refractivity contribution in [2.24, 2.45) is 0 Å². The van der Waals surface area contributed by atoms with Crippen LogP contribution < -0.4 is 16.0 Å². The molecule has 1 aromatic rings. The van der Waals surface area contributed by atoms with Crippen LogP contribution in [0.3, 0.4) is 0 Å². The molecule has 3 rings (SSSR count). The van der Waals surface area contributed by atoms with Gasteiger partial charge in [0.15, 0.2) is 5.82 Å². The summed E-state index contributed by atoms with van der Waals surface area (Å²) in [4.78, 5) is 17.2. The van der Waals surface area contributed by atoms with E-state index in [2.05, 4.69) is 19.5 Å². The molecule has 2 aliphatic rings. The molecule has 7 heteroatoms. The molecule has 1 atom stereocenters. The van der Waals surface area contributed by atoms with Gasteiger partial charge in [-0.3, -0.25) is 9.69 Å². The zero-order valence-corrected chi connectivity index (χ0v) is 13.4. The molecule has 0 radical (unpaired) electrons. The molecule has 3 N–H and O–H groups in total. The number of hydrogen-bond donors (Lipinski definition) is 2. The summed E-state index contributed by atoms with van der Waals surface area (Å²) >= 11 is 1.34. The van der Waals surface area contributed by atoms with Crippen LogP contribution in [0.5, 0.6) is 0 Å². The minimum absolute atomic E-state index is 0.0938. The monoisotopic (exact) mass is 309 g/mol. The number of amides is 1. The molecule has 0 saturated carbocycles. The molecule has 2 aliphatic heterocycles. The quantitative estimate of drug-likeness (QED) is 0.876. The Bertz CT molecular complexity index is 529. The molecule has 2 saturated heterocycles. The number of anilines is 2. The predicted octanol–water partition coefficient (Wildman–Crippen LogP) is 1.15. The molecule has 0 aromatic carbocycles. The summed E-state index contributed by atoms with van der Waals surface area (Å²) in [6.07, 6.45) is 2.53. The molecule has 21 heavy (non-hydrogen) atoms. The number of carbonyl (C=O) groups is 1. The third-order valence-corrected chi connectivity index (χ3v) is 5.15. The molecule has 1 unspecified atom stereocenters. The highest BCUT2D eigenvalue weighted by molar-refractivity contribution is 7.11. The van der Waals surface area contributed by atoms with Gasteiger partial charge in [0.2, 0.25) is 0 Å². The summed E-state index contributed by atoms with van der Waals surface area (Å²) in [6, 6.07) is 0.708. The van der Waals surface area contributed by atoms with E-state index < -0.39 is 0 Å². The maximum atomic E-state index is 12.4. The average Bonchev–Trinajstić information content (AvgIpc) is 3.02. The Kier molecular flexibility index (Phi) is 4.03. The molecule has 1 amide bonds. The van der Waals surface area contributed by atoms with E-state index in [4.69, 9.17) is 5.73 Å². The van der Waals surface area contributed by atoms with Gasteiger partial charge in [0.1, 0.15) is 10.6 Å². The van der Waals surface area contributed by atoms with Gasteiger partial charge in [0.05, 0.1) is 0 Å². The fourth-order valence-electron chi connectivity index (χ4n) is 3.23. The third kappa shape index (κ3) is 2.85. The van der Waals surface area contributed by atoms with Gasteiger partial charge < -0.3 is 16.0 Å². The van der Waals surface area contributed by atoms with E-state index in [1.807, 2.05) is 13.8 Å². The molecular formula is C14H23N5OS. The SMILES string of the molecule is CC(C)NC(=O)c1c(N)nsc1N1CCN2CCCC2C1. The van der Waals surface area contributed by atoms with Gasteiger partial charge in [-0.2, -0.15) is 4.37 Å². The number of piperazine rings is 1. The van der Waals surface area contributed by atoms with Crippen LogP contribution in [0.1, 0.15) is 37.0 Å². The summed E-state index contributed by atoms with van der Waals surface area (Å²) < 4.78 is 4.21. The summed E-state index contributed by atoms with van der Waals surface area (Å²) in [5, 5.41) is 3.85. The highest BCUT2D eigenvalue weighted by atomic mass is 32.1. The number of fused-ring (bicyclic) bond motifs is 1. The van der Waals surface area contributed by atoms with E-state index in [0.717, 1.165) is 24.6 Å². The number of carbonyl (C=O) groups excluding carboxylic acids is 1. The number of nitrogens with two attached hydrogens (primary N) is 1. The Morgan fingerprint density at radius 3 is 3.00 bits per heavy atom. The largest absolute Gasteiger partial charge is 0.382 e. The summed E-state index contributed by atoms with van der Waals surface area (Å²) in [7, 11) is 0. The van der Waals surface area contributed by atoms with Crippen molar-refractivity contribution in [1.82, 2.24) is 14.6 Å². The van der Waals surface area contributed by atoms with Crippen LogP contribution in [0.25, 0.3) is 0 Å². The molecule has 1 aromatic heterocycles. The molecule has 0 bridgehead atoms. The van der Waals surface area contributed by atoms with Crippen LogP contribution in [-0.2, 0) is 0 Å². The molecule has 3 heterocycles. The first-order valence-corrected chi connectivity index (χ1v) is 8.38. The summed E-state index contributed by atoms with van der Waals surface area (Å²) in [5.41, 5.74) is 6.49. The minimum atomic E-state index is -0.111. The van der Waals surface area contributed by atoms with Crippen molar-refractivity contribution in [2.75, 3.05) is 36.8 Å². The maximum absolute atomic E-state index is 12.4. The number of aromatic nitrogens is 1. The van der Waals surface area contributed by atoms with Gasteiger partial charge in [-0.05, 0) is 44.8 Å². The molecule has 0 aliphatic carbocycles. The minimum Gasteiger partial charge on any atom is -0.382 e. The van der Waals surface area contributed by atoms with Gasteiger partial charge in [0.25, 0.3) is 5.91 Å². The van der Waals surface area contributed by atoms with Crippen LogP contribution in [0.4, 0.5) is 10.8 Å². The second-order valence-electron chi connectivity index (χ2n) is 6.15. The lowest BCUT2D eigenvalue weighted by Crippen LogP contribution is -2.50. The van der Waals surface area contributed by atoms with E-state index in [1.54, 1.807) is 0 Å². The standard InChI is InChI=1S/C14H23N5OS/c1-9(2)16-13(20)11-12(15)17-21-14(11)19-7-6-18-5-3-4-10(18)8-19/h9-10H,3-8H2,1-2H3,(H2,15,17)(H,16,20). The Balaban J connectivity index is 1.81. The Labute approximate surface area is 129 Å². The van der Waals surface area contributed by atoms with Gasteiger partial charge in [0, 0.05) is 31.7 Å². The Hall–Kier alpha value is -1.34.